The molecule has 0 aromatic heterocycles. The van der Waals surface area contributed by atoms with Crippen LogP contribution in [0.5, 0.6) is 0 Å². The van der Waals surface area contributed by atoms with Crippen molar-refractivity contribution in [1.82, 2.24) is 9.91 Å². The Labute approximate surface area is 150 Å². The van der Waals surface area contributed by atoms with Gasteiger partial charge in [-0.25, -0.2) is 10.9 Å². The second-order valence-corrected chi connectivity index (χ2v) is 7.71. The average Bonchev–Trinajstić information content (AvgIpc) is 3.12. The van der Waals surface area contributed by atoms with Crippen molar-refractivity contribution in [2.45, 2.75) is 55.3 Å². The zero-order chi connectivity index (χ0) is 18.3. The second-order valence-electron chi connectivity index (χ2n) is 7.71. The van der Waals surface area contributed by atoms with E-state index in [1.54, 1.807) is 29.2 Å². The van der Waals surface area contributed by atoms with E-state index in [1.807, 2.05) is 0 Å². The van der Waals surface area contributed by atoms with Gasteiger partial charge in [0.2, 0.25) is 0 Å². The van der Waals surface area contributed by atoms with Crippen molar-refractivity contribution in [3.8, 4) is 0 Å². The summed E-state index contributed by atoms with van der Waals surface area (Å²) < 4.78 is 0. The Balaban J connectivity index is 1.76. The standard InChI is InChI=1S/C18H21N5O3/c19-18-16(26)22(10-6-2-1-3-7-10)13-14(24)23(20)15(25)17(13,18)11-8-4-5-9-12(11)21-18/h4-5,8-10,13,21H,1-3,6-7,19-20H2. The molecule has 3 unspecified atom stereocenters. The number of carbonyl (C=O) groups is 3. The minimum atomic E-state index is -1.69. The van der Waals surface area contributed by atoms with Gasteiger partial charge in [0.15, 0.2) is 11.1 Å². The molecule has 3 heterocycles. The number of nitrogens with zero attached hydrogens (tertiary/aromatic N) is 2. The molecule has 8 nitrogen and oxygen atoms in total. The van der Waals surface area contributed by atoms with Gasteiger partial charge in [0, 0.05) is 11.7 Å². The molecule has 2 saturated heterocycles. The van der Waals surface area contributed by atoms with Gasteiger partial charge in [0.05, 0.1) is 0 Å². The van der Waals surface area contributed by atoms with Crippen LogP contribution in [0.3, 0.4) is 0 Å². The van der Waals surface area contributed by atoms with Gasteiger partial charge >= 0.3 is 0 Å². The van der Waals surface area contributed by atoms with Gasteiger partial charge in [-0.2, -0.15) is 0 Å². The fourth-order valence-electron chi connectivity index (χ4n) is 5.44. The van der Waals surface area contributed by atoms with Gasteiger partial charge in [-0.3, -0.25) is 20.1 Å². The van der Waals surface area contributed by atoms with E-state index in [1.165, 1.54) is 0 Å². The van der Waals surface area contributed by atoms with E-state index in [0.717, 1.165) is 32.1 Å². The Morgan fingerprint density at radius 3 is 2.46 bits per heavy atom. The summed E-state index contributed by atoms with van der Waals surface area (Å²) in [4.78, 5) is 41.2. The van der Waals surface area contributed by atoms with Crippen molar-refractivity contribution in [2.75, 3.05) is 5.32 Å². The maximum atomic E-state index is 13.5. The minimum Gasteiger partial charge on any atom is -0.358 e. The van der Waals surface area contributed by atoms with Crippen LogP contribution in [0.25, 0.3) is 0 Å². The minimum absolute atomic E-state index is 0.0960. The number of fused-ring (bicyclic) bond motifs is 1. The lowest BCUT2D eigenvalue weighted by atomic mass is 9.71. The summed E-state index contributed by atoms with van der Waals surface area (Å²) in [5, 5.41) is 3.71. The monoisotopic (exact) mass is 355 g/mol. The van der Waals surface area contributed by atoms with Crippen LogP contribution in [0.2, 0.25) is 0 Å². The van der Waals surface area contributed by atoms with Gasteiger partial charge in [-0.1, -0.05) is 37.5 Å². The maximum Gasteiger partial charge on any atom is 0.268 e. The molecule has 3 fully saturated rings. The SMILES string of the molecule is NN1C(=O)C2N(C3CCCCC3)C(=O)C3(N)Nc4ccccc4C23C1=O. The van der Waals surface area contributed by atoms with Crippen LogP contribution in [0.15, 0.2) is 24.3 Å². The Bertz CT molecular complexity index is 851. The van der Waals surface area contributed by atoms with Crippen LogP contribution < -0.4 is 16.9 Å². The molecular weight excluding hydrogens is 334 g/mol. The maximum absolute atomic E-state index is 13.5. The molecule has 5 rings (SSSR count). The molecule has 3 aliphatic heterocycles. The number of hydrazine groups is 1. The number of benzene rings is 1. The van der Waals surface area contributed by atoms with Gasteiger partial charge in [-0.15, -0.1) is 0 Å². The number of imide groups is 1. The van der Waals surface area contributed by atoms with Crippen molar-refractivity contribution in [3.63, 3.8) is 0 Å². The average molecular weight is 355 g/mol. The third-order valence-corrected chi connectivity index (χ3v) is 6.56. The Morgan fingerprint density at radius 1 is 1.04 bits per heavy atom. The van der Waals surface area contributed by atoms with Crippen LogP contribution in [0, 0.1) is 0 Å². The second kappa shape index (κ2) is 4.83. The summed E-state index contributed by atoms with van der Waals surface area (Å²) in [5.74, 6) is 4.27. The quantitative estimate of drug-likeness (QED) is 0.364. The number of nitrogens with one attached hydrogen (secondary N) is 1. The van der Waals surface area contributed by atoms with E-state index in [9.17, 15) is 14.4 Å². The van der Waals surface area contributed by atoms with Crippen LogP contribution in [0.1, 0.15) is 37.7 Å². The van der Waals surface area contributed by atoms with Crippen LogP contribution in [0.4, 0.5) is 5.69 Å². The lowest BCUT2D eigenvalue weighted by molar-refractivity contribution is -0.148. The predicted octanol–water partition coefficient (Wildman–Crippen LogP) is -0.209. The number of hydrogen-bond acceptors (Lipinski definition) is 6. The Hall–Kier alpha value is -2.45. The number of hydrogen-bond donors (Lipinski definition) is 3. The van der Waals surface area contributed by atoms with E-state index in [2.05, 4.69) is 5.32 Å². The zero-order valence-corrected chi connectivity index (χ0v) is 14.3. The van der Waals surface area contributed by atoms with Crippen LogP contribution in [-0.4, -0.2) is 45.4 Å². The largest absolute Gasteiger partial charge is 0.358 e. The van der Waals surface area contributed by atoms with E-state index in [-0.39, 0.29) is 11.9 Å². The first-order valence-electron chi connectivity index (χ1n) is 9.07. The Kier molecular flexibility index (Phi) is 2.93. The van der Waals surface area contributed by atoms with E-state index >= 15 is 0 Å². The molecule has 4 aliphatic rings. The van der Waals surface area contributed by atoms with Crippen LogP contribution >= 0.6 is 0 Å². The van der Waals surface area contributed by atoms with Crippen molar-refractivity contribution >= 4 is 23.4 Å². The first-order chi connectivity index (χ1) is 12.4. The molecule has 0 radical (unpaired) electrons. The number of para-hydroxylation sites is 1. The summed E-state index contributed by atoms with van der Waals surface area (Å²) in [5.41, 5.74) is 4.56. The van der Waals surface area contributed by atoms with Crippen molar-refractivity contribution in [3.05, 3.63) is 29.8 Å². The van der Waals surface area contributed by atoms with Gasteiger partial charge in [0.25, 0.3) is 17.7 Å². The Morgan fingerprint density at radius 2 is 1.73 bits per heavy atom. The molecule has 1 aromatic rings. The highest BCUT2D eigenvalue weighted by Gasteiger charge is 2.82. The number of amides is 3. The van der Waals surface area contributed by atoms with E-state index in [4.69, 9.17) is 11.6 Å². The molecule has 1 aromatic carbocycles. The summed E-state index contributed by atoms with van der Waals surface area (Å²) >= 11 is 0. The van der Waals surface area contributed by atoms with E-state index in [0.29, 0.717) is 16.3 Å². The highest BCUT2D eigenvalue weighted by atomic mass is 16.2. The number of rotatable bonds is 1. The lowest BCUT2D eigenvalue weighted by Gasteiger charge is -2.35. The molecule has 3 atom stereocenters. The summed E-state index contributed by atoms with van der Waals surface area (Å²) in [6.07, 6.45) is 4.71. The fourth-order valence-corrected chi connectivity index (χ4v) is 5.44. The molecule has 1 spiro atoms. The first-order valence-corrected chi connectivity index (χ1v) is 9.07. The zero-order valence-electron chi connectivity index (χ0n) is 14.3. The predicted molar refractivity (Wildman–Crippen MR) is 92.2 cm³/mol. The first kappa shape index (κ1) is 15.8. The molecule has 26 heavy (non-hydrogen) atoms. The molecule has 1 aliphatic carbocycles. The molecule has 8 heteroatoms. The number of nitrogens with two attached hydrogens (primary N) is 2. The van der Waals surface area contributed by atoms with Crippen molar-refractivity contribution < 1.29 is 14.4 Å². The number of carbonyl (C=O) groups excluding carboxylic acids is 3. The molecule has 0 bridgehead atoms. The molecular formula is C18H21N5O3. The molecule has 1 saturated carbocycles. The summed E-state index contributed by atoms with van der Waals surface area (Å²) in [6, 6.07) is 6.02. The number of anilines is 1. The molecule has 3 amide bonds. The number of likely N-dealkylation sites (tertiary alicyclic amines) is 1. The topological polar surface area (TPSA) is 122 Å². The molecule has 136 valence electrons. The van der Waals surface area contributed by atoms with Gasteiger partial charge in [-0.05, 0) is 24.5 Å². The van der Waals surface area contributed by atoms with Gasteiger partial charge < -0.3 is 10.2 Å². The highest BCUT2D eigenvalue weighted by Crippen LogP contribution is 2.58. The van der Waals surface area contributed by atoms with E-state index < -0.39 is 28.9 Å². The summed E-state index contributed by atoms with van der Waals surface area (Å²) in [6.45, 7) is 0. The van der Waals surface area contributed by atoms with Crippen molar-refractivity contribution in [1.29, 1.82) is 0 Å². The third-order valence-electron chi connectivity index (χ3n) is 6.56. The van der Waals surface area contributed by atoms with Crippen LogP contribution in [-0.2, 0) is 19.8 Å². The smallest absolute Gasteiger partial charge is 0.268 e. The fraction of sp³-hybridized carbons (Fsp3) is 0.500. The highest BCUT2D eigenvalue weighted by molar-refractivity contribution is 6.22. The van der Waals surface area contributed by atoms with Crippen molar-refractivity contribution in [2.24, 2.45) is 11.6 Å². The normalized spacial score (nSPS) is 36.2. The third kappa shape index (κ3) is 1.47. The lowest BCUT2D eigenvalue weighted by Crippen LogP contribution is -2.66. The molecule has 5 N–H and O–H groups in total. The van der Waals surface area contributed by atoms with Gasteiger partial charge in [0.1, 0.15) is 6.04 Å². The summed E-state index contributed by atoms with van der Waals surface area (Å²) in [7, 11) is 0.